The summed E-state index contributed by atoms with van der Waals surface area (Å²) in [5.41, 5.74) is 2.47. The normalized spacial score (nSPS) is 12.5. The second-order valence-corrected chi connectivity index (χ2v) is 4.80. The molecule has 1 rings (SSSR count). The molecule has 0 saturated heterocycles. The van der Waals surface area contributed by atoms with Crippen molar-refractivity contribution in [2.24, 2.45) is 5.92 Å². The Morgan fingerprint density at radius 3 is 2.76 bits per heavy atom. The Bertz CT molecular complexity index is 336. The summed E-state index contributed by atoms with van der Waals surface area (Å²) in [6.45, 7) is 8.25. The van der Waals surface area contributed by atoms with Gasteiger partial charge in [0, 0.05) is 12.1 Å². The number of ether oxygens (including phenoxy) is 1. The standard InChI is InChI=1S/C15H25NO/c1-5-7-12(2)11-17-15-13(3)8-6-9-14(15)10-16-4/h6,8-9,12,16H,5,7,10-11H2,1-4H3. The molecule has 17 heavy (non-hydrogen) atoms. The molecule has 0 spiro atoms. The zero-order valence-electron chi connectivity index (χ0n) is 11.5. The van der Waals surface area contributed by atoms with Crippen molar-refractivity contribution in [1.82, 2.24) is 5.32 Å². The van der Waals surface area contributed by atoms with E-state index in [0.29, 0.717) is 5.92 Å². The summed E-state index contributed by atoms with van der Waals surface area (Å²) in [7, 11) is 1.96. The smallest absolute Gasteiger partial charge is 0.126 e. The Hall–Kier alpha value is -1.02. The Kier molecular flexibility index (Phi) is 6.06. The molecule has 0 radical (unpaired) electrons. The molecular weight excluding hydrogens is 210 g/mol. The molecule has 0 saturated carbocycles. The minimum absolute atomic E-state index is 0.627. The van der Waals surface area contributed by atoms with Crippen molar-refractivity contribution < 1.29 is 4.74 Å². The van der Waals surface area contributed by atoms with Gasteiger partial charge in [-0.2, -0.15) is 0 Å². The second kappa shape index (κ2) is 7.33. The molecule has 1 N–H and O–H groups in total. The van der Waals surface area contributed by atoms with Gasteiger partial charge in [0.1, 0.15) is 5.75 Å². The van der Waals surface area contributed by atoms with Crippen LogP contribution in [0.3, 0.4) is 0 Å². The fraction of sp³-hybridized carbons (Fsp3) is 0.600. The van der Waals surface area contributed by atoms with Crippen molar-refractivity contribution >= 4 is 0 Å². The van der Waals surface area contributed by atoms with E-state index in [2.05, 4.69) is 44.3 Å². The van der Waals surface area contributed by atoms with E-state index in [1.54, 1.807) is 0 Å². The minimum Gasteiger partial charge on any atom is -0.493 e. The summed E-state index contributed by atoms with van der Waals surface area (Å²) in [5.74, 6) is 1.69. The maximum Gasteiger partial charge on any atom is 0.126 e. The first kappa shape index (κ1) is 14.0. The highest BCUT2D eigenvalue weighted by Gasteiger charge is 2.08. The molecule has 2 nitrogen and oxygen atoms in total. The molecule has 0 aliphatic rings. The summed E-state index contributed by atoms with van der Waals surface area (Å²) in [5, 5.41) is 3.18. The number of nitrogens with one attached hydrogen (secondary N) is 1. The van der Waals surface area contributed by atoms with Gasteiger partial charge in [0.2, 0.25) is 0 Å². The van der Waals surface area contributed by atoms with Gasteiger partial charge >= 0.3 is 0 Å². The Morgan fingerprint density at radius 2 is 2.12 bits per heavy atom. The Balaban J connectivity index is 2.68. The third-order valence-corrected chi connectivity index (χ3v) is 2.95. The molecule has 0 aromatic heterocycles. The monoisotopic (exact) mass is 235 g/mol. The largest absolute Gasteiger partial charge is 0.493 e. The van der Waals surface area contributed by atoms with Crippen LogP contribution in [0.2, 0.25) is 0 Å². The third-order valence-electron chi connectivity index (χ3n) is 2.95. The van der Waals surface area contributed by atoms with Crippen molar-refractivity contribution in [2.45, 2.75) is 40.2 Å². The fourth-order valence-electron chi connectivity index (χ4n) is 2.05. The number of hydrogen-bond acceptors (Lipinski definition) is 2. The molecule has 0 heterocycles. The van der Waals surface area contributed by atoms with Crippen LogP contribution in [0.5, 0.6) is 5.75 Å². The number of hydrogen-bond donors (Lipinski definition) is 1. The molecule has 2 heteroatoms. The number of rotatable bonds is 7. The van der Waals surface area contributed by atoms with Crippen LogP contribution < -0.4 is 10.1 Å². The van der Waals surface area contributed by atoms with E-state index >= 15 is 0 Å². The highest BCUT2D eigenvalue weighted by Crippen LogP contribution is 2.24. The third kappa shape index (κ3) is 4.39. The second-order valence-electron chi connectivity index (χ2n) is 4.80. The maximum absolute atomic E-state index is 5.99. The van der Waals surface area contributed by atoms with Crippen LogP contribution in [0.1, 0.15) is 37.8 Å². The van der Waals surface area contributed by atoms with Crippen molar-refractivity contribution in [1.29, 1.82) is 0 Å². The lowest BCUT2D eigenvalue weighted by Gasteiger charge is -2.17. The van der Waals surface area contributed by atoms with Crippen LogP contribution >= 0.6 is 0 Å². The lowest BCUT2D eigenvalue weighted by atomic mass is 10.1. The lowest BCUT2D eigenvalue weighted by Crippen LogP contribution is -2.12. The summed E-state index contributed by atoms with van der Waals surface area (Å²) in [4.78, 5) is 0. The Morgan fingerprint density at radius 1 is 1.35 bits per heavy atom. The molecule has 0 aliphatic carbocycles. The van der Waals surface area contributed by atoms with E-state index in [4.69, 9.17) is 4.74 Å². The summed E-state index contributed by atoms with van der Waals surface area (Å²) < 4.78 is 5.99. The van der Waals surface area contributed by atoms with Gasteiger partial charge in [-0.15, -0.1) is 0 Å². The molecule has 96 valence electrons. The van der Waals surface area contributed by atoms with E-state index in [1.165, 1.54) is 24.0 Å². The van der Waals surface area contributed by atoms with Crippen LogP contribution in [0, 0.1) is 12.8 Å². The van der Waals surface area contributed by atoms with Crippen molar-refractivity contribution in [3.8, 4) is 5.75 Å². The van der Waals surface area contributed by atoms with Gasteiger partial charge in [0.05, 0.1) is 6.61 Å². The van der Waals surface area contributed by atoms with E-state index in [0.717, 1.165) is 18.9 Å². The van der Waals surface area contributed by atoms with Crippen molar-refractivity contribution in [2.75, 3.05) is 13.7 Å². The van der Waals surface area contributed by atoms with E-state index in [9.17, 15) is 0 Å². The molecule has 0 fully saturated rings. The molecule has 1 aromatic rings. The molecule has 1 aromatic carbocycles. The first-order valence-electron chi connectivity index (χ1n) is 6.54. The van der Waals surface area contributed by atoms with Crippen molar-refractivity contribution in [3.63, 3.8) is 0 Å². The van der Waals surface area contributed by atoms with Crippen molar-refractivity contribution in [3.05, 3.63) is 29.3 Å². The number of aryl methyl sites for hydroxylation is 1. The molecule has 1 unspecified atom stereocenters. The fourth-order valence-corrected chi connectivity index (χ4v) is 2.05. The molecule has 0 aliphatic heterocycles. The lowest BCUT2D eigenvalue weighted by molar-refractivity contribution is 0.247. The zero-order chi connectivity index (χ0) is 12.7. The van der Waals surface area contributed by atoms with Crippen LogP contribution in [-0.2, 0) is 6.54 Å². The molecule has 0 bridgehead atoms. The average molecular weight is 235 g/mol. The van der Waals surface area contributed by atoms with Crippen LogP contribution in [0.25, 0.3) is 0 Å². The minimum atomic E-state index is 0.627. The maximum atomic E-state index is 5.99. The first-order valence-corrected chi connectivity index (χ1v) is 6.54. The molecule has 1 atom stereocenters. The molecular formula is C15H25NO. The average Bonchev–Trinajstić information content (AvgIpc) is 2.29. The molecule has 0 amide bonds. The topological polar surface area (TPSA) is 21.3 Å². The van der Waals surface area contributed by atoms with Gasteiger partial charge in [-0.3, -0.25) is 0 Å². The van der Waals surface area contributed by atoms with Gasteiger partial charge in [-0.05, 0) is 31.9 Å². The van der Waals surface area contributed by atoms with Crippen LogP contribution in [0.15, 0.2) is 18.2 Å². The van der Waals surface area contributed by atoms with E-state index < -0.39 is 0 Å². The quantitative estimate of drug-likeness (QED) is 0.780. The van der Waals surface area contributed by atoms with Gasteiger partial charge in [0.25, 0.3) is 0 Å². The predicted molar refractivity (Wildman–Crippen MR) is 73.5 cm³/mol. The van der Waals surface area contributed by atoms with Crippen LogP contribution in [-0.4, -0.2) is 13.7 Å². The highest BCUT2D eigenvalue weighted by molar-refractivity contribution is 5.40. The first-order chi connectivity index (χ1) is 8.19. The number of benzene rings is 1. The highest BCUT2D eigenvalue weighted by atomic mass is 16.5. The van der Waals surface area contributed by atoms with E-state index in [1.807, 2.05) is 7.05 Å². The van der Waals surface area contributed by atoms with Gasteiger partial charge in [0.15, 0.2) is 0 Å². The van der Waals surface area contributed by atoms with Gasteiger partial charge in [-0.25, -0.2) is 0 Å². The SMILES string of the molecule is CCCC(C)COc1c(C)cccc1CNC. The summed E-state index contributed by atoms with van der Waals surface area (Å²) in [6.07, 6.45) is 2.45. The van der Waals surface area contributed by atoms with Gasteiger partial charge in [-0.1, -0.05) is 38.5 Å². The predicted octanol–water partition coefficient (Wildman–Crippen LogP) is 3.53. The Labute approximate surface area is 105 Å². The zero-order valence-corrected chi connectivity index (χ0v) is 11.5. The number of para-hydroxylation sites is 1. The summed E-state index contributed by atoms with van der Waals surface area (Å²) in [6, 6.07) is 6.33. The van der Waals surface area contributed by atoms with Crippen LogP contribution in [0.4, 0.5) is 0 Å². The summed E-state index contributed by atoms with van der Waals surface area (Å²) >= 11 is 0. The van der Waals surface area contributed by atoms with E-state index in [-0.39, 0.29) is 0 Å². The van der Waals surface area contributed by atoms with Gasteiger partial charge < -0.3 is 10.1 Å².